The normalized spacial score (nSPS) is 18.4. The van der Waals surface area contributed by atoms with Crippen molar-refractivity contribution in [3.63, 3.8) is 0 Å². The Morgan fingerprint density at radius 2 is 2.05 bits per heavy atom. The SMILES string of the molecule is CN(Cc1ccc2ccccc2c1)C(=O)C1CCCO1. The van der Waals surface area contributed by atoms with E-state index < -0.39 is 0 Å². The Morgan fingerprint density at radius 3 is 2.80 bits per heavy atom. The fourth-order valence-electron chi connectivity index (χ4n) is 2.71. The number of hydrogen-bond donors (Lipinski definition) is 0. The van der Waals surface area contributed by atoms with Crippen LogP contribution in [0.3, 0.4) is 0 Å². The minimum absolute atomic E-state index is 0.0932. The third-order valence-corrected chi connectivity index (χ3v) is 3.81. The van der Waals surface area contributed by atoms with Gasteiger partial charge in [0.1, 0.15) is 6.10 Å². The largest absolute Gasteiger partial charge is 0.368 e. The summed E-state index contributed by atoms with van der Waals surface area (Å²) in [7, 11) is 1.85. The number of carbonyl (C=O) groups is 1. The number of benzene rings is 2. The average Bonchev–Trinajstić information content (AvgIpc) is 3.00. The van der Waals surface area contributed by atoms with Crippen LogP contribution in [0.4, 0.5) is 0 Å². The molecule has 0 N–H and O–H groups in total. The van der Waals surface area contributed by atoms with Crippen molar-refractivity contribution in [3.05, 3.63) is 48.0 Å². The van der Waals surface area contributed by atoms with Crippen molar-refractivity contribution in [1.29, 1.82) is 0 Å². The quantitative estimate of drug-likeness (QED) is 0.857. The first-order chi connectivity index (χ1) is 9.74. The van der Waals surface area contributed by atoms with Crippen molar-refractivity contribution in [1.82, 2.24) is 4.90 Å². The smallest absolute Gasteiger partial charge is 0.251 e. The molecule has 1 unspecified atom stereocenters. The van der Waals surface area contributed by atoms with Gasteiger partial charge in [-0.25, -0.2) is 0 Å². The Labute approximate surface area is 119 Å². The van der Waals surface area contributed by atoms with E-state index in [-0.39, 0.29) is 12.0 Å². The summed E-state index contributed by atoms with van der Waals surface area (Å²) in [5.41, 5.74) is 1.15. The monoisotopic (exact) mass is 269 g/mol. The zero-order valence-corrected chi connectivity index (χ0v) is 11.7. The van der Waals surface area contributed by atoms with Crippen molar-refractivity contribution in [2.24, 2.45) is 0 Å². The van der Waals surface area contributed by atoms with Crippen molar-refractivity contribution in [3.8, 4) is 0 Å². The van der Waals surface area contributed by atoms with Gasteiger partial charge in [-0.1, -0.05) is 36.4 Å². The second-order valence-electron chi connectivity index (χ2n) is 5.38. The molecule has 1 heterocycles. The maximum absolute atomic E-state index is 12.2. The van der Waals surface area contributed by atoms with Gasteiger partial charge < -0.3 is 9.64 Å². The topological polar surface area (TPSA) is 29.5 Å². The van der Waals surface area contributed by atoms with Crippen LogP contribution in [0.2, 0.25) is 0 Å². The zero-order chi connectivity index (χ0) is 13.9. The Kier molecular flexibility index (Phi) is 3.70. The van der Waals surface area contributed by atoms with Crippen molar-refractivity contribution in [2.75, 3.05) is 13.7 Å². The van der Waals surface area contributed by atoms with Crippen LogP contribution in [0.5, 0.6) is 0 Å². The number of carbonyl (C=O) groups excluding carboxylic acids is 1. The average molecular weight is 269 g/mol. The van der Waals surface area contributed by atoms with Crippen LogP contribution in [0.25, 0.3) is 10.8 Å². The van der Waals surface area contributed by atoms with Crippen LogP contribution in [0, 0.1) is 0 Å². The highest BCUT2D eigenvalue weighted by atomic mass is 16.5. The number of rotatable bonds is 3. The summed E-state index contributed by atoms with van der Waals surface area (Å²) in [6.45, 7) is 1.34. The molecule has 3 nitrogen and oxygen atoms in total. The van der Waals surface area contributed by atoms with E-state index in [1.807, 2.05) is 19.2 Å². The second kappa shape index (κ2) is 5.63. The van der Waals surface area contributed by atoms with Crippen LogP contribution in [-0.4, -0.2) is 30.6 Å². The molecule has 1 aliphatic rings. The predicted molar refractivity (Wildman–Crippen MR) is 79.4 cm³/mol. The van der Waals surface area contributed by atoms with Gasteiger partial charge in [-0.2, -0.15) is 0 Å². The van der Waals surface area contributed by atoms with Gasteiger partial charge in [-0.3, -0.25) is 4.79 Å². The van der Waals surface area contributed by atoms with Gasteiger partial charge in [0.2, 0.25) is 0 Å². The lowest BCUT2D eigenvalue weighted by molar-refractivity contribution is -0.140. The lowest BCUT2D eigenvalue weighted by Crippen LogP contribution is -2.35. The summed E-state index contributed by atoms with van der Waals surface area (Å²) in [5.74, 6) is 0.0932. The van der Waals surface area contributed by atoms with Crippen LogP contribution in [0.15, 0.2) is 42.5 Å². The van der Waals surface area contributed by atoms with Gasteiger partial charge in [0.25, 0.3) is 5.91 Å². The zero-order valence-electron chi connectivity index (χ0n) is 11.7. The highest BCUT2D eigenvalue weighted by Gasteiger charge is 2.26. The minimum Gasteiger partial charge on any atom is -0.368 e. The summed E-state index contributed by atoms with van der Waals surface area (Å²) < 4.78 is 5.45. The molecule has 1 amide bonds. The molecular formula is C17H19NO2. The third kappa shape index (κ3) is 2.68. The van der Waals surface area contributed by atoms with Gasteiger partial charge in [-0.05, 0) is 35.2 Å². The number of fused-ring (bicyclic) bond motifs is 1. The van der Waals surface area contributed by atoms with Crippen molar-refractivity contribution in [2.45, 2.75) is 25.5 Å². The molecule has 1 saturated heterocycles. The summed E-state index contributed by atoms with van der Waals surface area (Å²) in [5, 5.41) is 2.44. The molecule has 1 aliphatic heterocycles. The Hall–Kier alpha value is -1.87. The van der Waals surface area contributed by atoms with E-state index in [4.69, 9.17) is 4.74 Å². The Morgan fingerprint density at radius 1 is 1.25 bits per heavy atom. The van der Waals surface area contributed by atoms with Crippen LogP contribution < -0.4 is 0 Å². The molecule has 20 heavy (non-hydrogen) atoms. The lowest BCUT2D eigenvalue weighted by Gasteiger charge is -2.20. The number of hydrogen-bond acceptors (Lipinski definition) is 2. The lowest BCUT2D eigenvalue weighted by atomic mass is 10.1. The van der Waals surface area contributed by atoms with E-state index >= 15 is 0 Å². The molecule has 3 heteroatoms. The van der Waals surface area contributed by atoms with Gasteiger partial charge >= 0.3 is 0 Å². The number of amides is 1. The summed E-state index contributed by atoms with van der Waals surface area (Å²) in [4.78, 5) is 14.0. The van der Waals surface area contributed by atoms with E-state index in [1.54, 1.807) is 4.90 Å². The Bertz CT molecular complexity index is 617. The predicted octanol–water partition coefficient (Wildman–Crippen LogP) is 2.98. The molecule has 2 aromatic rings. The highest BCUT2D eigenvalue weighted by Crippen LogP contribution is 2.18. The molecule has 2 aromatic carbocycles. The summed E-state index contributed by atoms with van der Waals surface area (Å²) in [6.07, 6.45) is 1.60. The third-order valence-electron chi connectivity index (χ3n) is 3.81. The highest BCUT2D eigenvalue weighted by molar-refractivity contribution is 5.83. The number of likely N-dealkylation sites (N-methyl/N-ethyl adjacent to an activating group) is 1. The van der Waals surface area contributed by atoms with Gasteiger partial charge in [0, 0.05) is 20.2 Å². The van der Waals surface area contributed by atoms with E-state index in [1.165, 1.54) is 10.8 Å². The molecule has 0 aromatic heterocycles. The molecule has 0 bridgehead atoms. The van der Waals surface area contributed by atoms with Gasteiger partial charge in [-0.15, -0.1) is 0 Å². The summed E-state index contributed by atoms with van der Waals surface area (Å²) >= 11 is 0. The van der Waals surface area contributed by atoms with Crippen molar-refractivity contribution >= 4 is 16.7 Å². The summed E-state index contributed by atoms with van der Waals surface area (Å²) in [6, 6.07) is 14.6. The molecule has 1 fully saturated rings. The van der Waals surface area contributed by atoms with Gasteiger partial charge in [0.05, 0.1) is 0 Å². The molecule has 1 atom stereocenters. The van der Waals surface area contributed by atoms with Gasteiger partial charge in [0.15, 0.2) is 0 Å². The van der Waals surface area contributed by atoms with Crippen molar-refractivity contribution < 1.29 is 9.53 Å². The van der Waals surface area contributed by atoms with Crippen LogP contribution in [-0.2, 0) is 16.1 Å². The molecule has 0 saturated carbocycles. The first-order valence-corrected chi connectivity index (χ1v) is 7.08. The molecule has 0 aliphatic carbocycles. The number of ether oxygens (including phenoxy) is 1. The Balaban J connectivity index is 1.73. The molecule has 104 valence electrons. The standard InChI is InChI=1S/C17H19NO2/c1-18(17(19)16-7-4-10-20-16)12-13-8-9-14-5-2-3-6-15(14)11-13/h2-3,5-6,8-9,11,16H,4,7,10,12H2,1H3. The first kappa shape index (κ1) is 13.1. The molecule has 0 radical (unpaired) electrons. The van der Waals surface area contributed by atoms with Crippen LogP contribution >= 0.6 is 0 Å². The van der Waals surface area contributed by atoms with E-state index in [2.05, 4.69) is 30.3 Å². The maximum atomic E-state index is 12.2. The molecular weight excluding hydrogens is 250 g/mol. The fourth-order valence-corrected chi connectivity index (χ4v) is 2.71. The minimum atomic E-state index is -0.236. The second-order valence-corrected chi connectivity index (χ2v) is 5.38. The maximum Gasteiger partial charge on any atom is 0.251 e. The fraction of sp³-hybridized carbons (Fsp3) is 0.353. The molecule has 0 spiro atoms. The van der Waals surface area contributed by atoms with Crippen LogP contribution in [0.1, 0.15) is 18.4 Å². The van der Waals surface area contributed by atoms with E-state index in [0.717, 1.165) is 18.4 Å². The first-order valence-electron chi connectivity index (χ1n) is 7.08. The number of nitrogens with zero attached hydrogens (tertiary/aromatic N) is 1. The van der Waals surface area contributed by atoms with E-state index in [9.17, 15) is 4.79 Å². The van der Waals surface area contributed by atoms with E-state index in [0.29, 0.717) is 13.2 Å². The molecule has 3 rings (SSSR count).